The van der Waals surface area contributed by atoms with Crippen LogP contribution in [0.1, 0.15) is 31.4 Å². The predicted octanol–water partition coefficient (Wildman–Crippen LogP) is 1.98. The molecule has 21 heavy (non-hydrogen) atoms. The van der Waals surface area contributed by atoms with Crippen molar-refractivity contribution in [3.63, 3.8) is 0 Å². The van der Waals surface area contributed by atoms with Crippen molar-refractivity contribution in [2.75, 3.05) is 26.7 Å². The van der Waals surface area contributed by atoms with Crippen LogP contribution in [0, 0.1) is 0 Å². The average molecular weight is 290 g/mol. The minimum Gasteiger partial charge on any atom is -0.465 e. The quantitative estimate of drug-likeness (QED) is 0.813. The Morgan fingerprint density at radius 3 is 2.76 bits per heavy atom. The van der Waals surface area contributed by atoms with Crippen molar-refractivity contribution in [2.45, 2.75) is 38.8 Å². The third kappa shape index (κ3) is 3.83. The Morgan fingerprint density at radius 1 is 1.38 bits per heavy atom. The number of esters is 1. The number of hydrogen-bond donors (Lipinski definition) is 1. The topological polar surface area (TPSA) is 41.6 Å². The Morgan fingerprint density at radius 2 is 2.10 bits per heavy atom. The Balaban J connectivity index is 1.92. The van der Waals surface area contributed by atoms with Gasteiger partial charge in [0.1, 0.15) is 5.54 Å². The second kappa shape index (κ2) is 7.05. The molecule has 0 bridgehead atoms. The molecule has 1 aromatic carbocycles. The molecule has 2 rings (SSSR count). The molecule has 1 N–H and O–H groups in total. The Labute approximate surface area is 127 Å². The van der Waals surface area contributed by atoms with Crippen molar-refractivity contribution in [3.8, 4) is 0 Å². The highest BCUT2D eigenvalue weighted by Crippen LogP contribution is 2.20. The summed E-state index contributed by atoms with van der Waals surface area (Å²) in [5.41, 5.74) is 2.26. The lowest BCUT2D eigenvalue weighted by molar-refractivity contribution is -0.150. The van der Waals surface area contributed by atoms with Gasteiger partial charge in [0.05, 0.1) is 6.61 Å². The number of likely N-dealkylation sites (N-methyl/N-ethyl adjacent to an activating group) is 1. The highest BCUT2D eigenvalue weighted by Gasteiger charge is 2.33. The number of nitrogens with one attached hydrogen (secondary N) is 1. The molecule has 1 aliphatic rings. The van der Waals surface area contributed by atoms with Gasteiger partial charge in [0.15, 0.2) is 0 Å². The molecule has 4 nitrogen and oxygen atoms in total. The first-order valence-electron chi connectivity index (χ1n) is 7.74. The summed E-state index contributed by atoms with van der Waals surface area (Å²) in [5.74, 6) is -0.162. The second-order valence-electron chi connectivity index (χ2n) is 5.85. The van der Waals surface area contributed by atoms with E-state index in [9.17, 15) is 4.79 Å². The Bertz CT molecular complexity index is 489. The SMILES string of the molecule is CCOC(=O)C(C)(CCN1CCc2ccccc2C1)NC. The number of benzene rings is 1. The first-order valence-corrected chi connectivity index (χ1v) is 7.74. The molecule has 0 radical (unpaired) electrons. The highest BCUT2D eigenvalue weighted by molar-refractivity contribution is 5.80. The lowest BCUT2D eigenvalue weighted by Crippen LogP contribution is -2.51. The summed E-state index contributed by atoms with van der Waals surface area (Å²) in [5, 5.41) is 3.12. The molecule has 0 spiro atoms. The maximum Gasteiger partial charge on any atom is 0.326 e. The van der Waals surface area contributed by atoms with Crippen LogP contribution >= 0.6 is 0 Å². The van der Waals surface area contributed by atoms with Gasteiger partial charge in [-0.05, 0) is 44.9 Å². The van der Waals surface area contributed by atoms with Crippen molar-refractivity contribution < 1.29 is 9.53 Å². The molecule has 4 heteroatoms. The number of hydrogen-bond acceptors (Lipinski definition) is 4. The number of carbonyl (C=O) groups excluding carboxylic acids is 1. The van der Waals surface area contributed by atoms with Crippen LogP contribution in [-0.4, -0.2) is 43.2 Å². The zero-order valence-corrected chi connectivity index (χ0v) is 13.3. The molecule has 0 aliphatic carbocycles. The summed E-state index contributed by atoms with van der Waals surface area (Å²) in [6.45, 7) is 7.11. The molecule has 1 aliphatic heterocycles. The summed E-state index contributed by atoms with van der Waals surface area (Å²) in [4.78, 5) is 14.5. The molecular formula is C17H26N2O2. The third-order valence-corrected chi connectivity index (χ3v) is 4.42. The van der Waals surface area contributed by atoms with E-state index in [2.05, 4.69) is 34.5 Å². The van der Waals surface area contributed by atoms with Gasteiger partial charge in [0.25, 0.3) is 0 Å². The number of rotatable bonds is 6. The smallest absolute Gasteiger partial charge is 0.326 e. The molecular weight excluding hydrogens is 264 g/mol. The summed E-state index contributed by atoms with van der Waals surface area (Å²) in [6.07, 6.45) is 1.84. The highest BCUT2D eigenvalue weighted by atomic mass is 16.5. The fourth-order valence-corrected chi connectivity index (χ4v) is 2.75. The maximum atomic E-state index is 12.1. The molecule has 0 fully saturated rings. The van der Waals surface area contributed by atoms with Gasteiger partial charge in [-0.2, -0.15) is 0 Å². The van der Waals surface area contributed by atoms with E-state index < -0.39 is 5.54 Å². The Hall–Kier alpha value is -1.39. The molecule has 1 aromatic rings. The van der Waals surface area contributed by atoms with Gasteiger partial charge in [-0.1, -0.05) is 24.3 Å². The normalized spacial score (nSPS) is 17.9. The largest absolute Gasteiger partial charge is 0.465 e. The van der Waals surface area contributed by atoms with Crippen molar-refractivity contribution >= 4 is 5.97 Å². The molecule has 1 atom stereocenters. The van der Waals surface area contributed by atoms with Gasteiger partial charge < -0.3 is 10.1 Å². The fraction of sp³-hybridized carbons (Fsp3) is 0.588. The fourth-order valence-electron chi connectivity index (χ4n) is 2.75. The summed E-state index contributed by atoms with van der Waals surface area (Å²) >= 11 is 0. The van der Waals surface area contributed by atoms with Crippen molar-refractivity contribution in [2.24, 2.45) is 0 Å². The standard InChI is InChI=1S/C17H26N2O2/c1-4-21-16(20)17(2,18-3)10-12-19-11-9-14-7-5-6-8-15(14)13-19/h5-8,18H,4,9-13H2,1-3H3. The summed E-state index contributed by atoms with van der Waals surface area (Å²) in [7, 11) is 1.82. The maximum absolute atomic E-state index is 12.1. The summed E-state index contributed by atoms with van der Waals surface area (Å²) in [6, 6.07) is 8.61. The van der Waals surface area contributed by atoms with Crippen molar-refractivity contribution in [1.82, 2.24) is 10.2 Å². The van der Waals surface area contributed by atoms with E-state index >= 15 is 0 Å². The Kier molecular flexibility index (Phi) is 5.37. The molecule has 1 unspecified atom stereocenters. The predicted molar refractivity (Wildman–Crippen MR) is 84.1 cm³/mol. The van der Waals surface area contributed by atoms with Crippen LogP contribution in [0.4, 0.5) is 0 Å². The molecule has 0 amide bonds. The lowest BCUT2D eigenvalue weighted by atomic mass is 9.95. The van der Waals surface area contributed by atoms with Gasteiger partial charge in [-0.25, -0.2) is 0 Å². The van der Waals surface area contributed by atoms with Crippen LogP contribution in [0.2, 0.25) is 0 Å². The molecule has 0 aromatic heterocycles. The van der Waals surface area contributed by atoms with Crippen LogP contribution in [0.15, 0.2) is 24.3 Å². The summed E-state index contributed by atoms with van der Waals surface area (Å²) < 4.78 is 5.17. The van der Waals surface area contributed by atoms with Gasteiger partial charge in [0.2, 0.25) is 0 Å². The van der Waals surface area contributed by atoms with Crippen LogP contribution < -0.4 is 5.32 Å². The van der Waals surface area contributed by atoms with Gasteiger partial charge >= 0.3 is 5.97 Å². The molecule has 1 heterocycles. The number of carbonyl (C=O) groups is 1. The van der Waals surface area contributed by atoms with Crippen molar-refractivity contribution in [1.29, 1.82) is 0 Å². The zero-order chi connectivity index (χ0) is 15.3. The van der Waals surface area contributed by atoms with E-state index in [1.165, 1.54) is 11.1 Å². The van der Waals surface area contributed by atoms with Crippen LogP contribution in [0.25, 0.3) is 0 Å². The average Bonchev–Trinajstić information content (AvgIpc) is 2.52. The van der Waals surface area contributed by atoms with Gasteiger partial charge in [-0.15, -0.1) is 0 Å². The number of ether oxygens (including phenoxy) is 1. The minimum absolute atomic E-state index is 0.162. The van der Waals surface area contributed by atoms with Gasteiger partial charge in [-0.3, -0.25) is 9.69 Å². The number of fused-ring (bicyclic) bond motifs is 1. The van der Waals surface area contributed by atoms with E-state index in [0.717, 1.165) is 32.5 Å². The van der Waals surface area contributed by atoms with Crippen LogP contribution in [0.5, 0.6) is 0 Å². The first kappa shape index (κ1) is 16.0. The van der Waals surface area contributed by atoms with Gasteiger partial charge in [0, 0.05) is 19.6 Å². The first-order chi connectivity index (χ1) is 10.1. The second-order valence-corrected chi connectivity index (χ2v) is 5.85. The zero-order valence-electron chi connectivity index (χ0n) is 13.3. The number of nitrogens with zero attached hydrogens (tertiary/aromatic N) is 1. The van der Waals surface area contributed by atoms with E-state index in [4.69, 9.17) is 4.74 Å². The van der Waals surface area contributed by atoms with Crippen molar-refractivity contribution in [3.05, 3.63) is 35.4 Å². The molecule has 0 saturated carbocycles. The third-order valence-electron chi connectivity index (χ3n) is 4.42. The monoisotopic (exact) mass is 290 g/mol. The van der Waals surface area contributed by atoms with E-state index in [0.29, 0.717) is 6.61 Å². The van der Waals surface area contributed by atoms with E-state index in [-0.39, 0.29) is 5.97 Å². The van der Waals surface area contributed by atoms with E-state index in [1.807, 2.05) is 20.9 Å². The van der Waals surface area contributed by atoms with E-state index in [1.54, 1.807) is 0 Å². The lowest BCUT2D eigenvalue weighted by Gasteiger charge is -2.33. The van der Waals surface area contributed by atoms with Crippen LogP contribution in [0.3, 0.4) is 0 Å². The van der Waals surface area contributed by atoms with Crippen LogP contribution in [-0.2, 0) is 22.5 Å². The minimum atomic E-state index is -0.604. The molecule has 116 valence electrons. The molecule has 0 saturated heterocycles.